The Labute approximate surface area is 134 Å². The third-order valence-corrected chi connectivity index (χ3v) is 5.94. The first-order chi connectivity index (χ1) is 10.8. The fraction of sp³-hybridized carbons (Fsp3) is 0.938. The maximum absolute atomic E-state index is 12.5. The number of aliphatic hydroxyl groups is 5. The lowest BCUT2D eigenvalue weighted by atomic mass is 9.69. The van der Waals surface area contributed by atoms with Gasteiger partial charge in [-0.3, -0.25) is 4.79 Å². The Hall–Kier alpha value is -0.570. The number of rotatable bonds is 1. The molecule has 3 fully saturated rings. The molecular weight excluding hydrogens is 304 g/mol. The van der Waals surface area contributed by atoms with Gasteiger partial charge in [0.15, 0.2) is 5.78 Å². The molecule has 2 saturated carbocycles. The summed E-state index contributed by atoms with van der Waals surface area (Å²) in [5.74, 6) is -1.95. The van der Waals surface area contributed by atoms with Crippen molar-refractivity contribution in [2.45, 2.75) is 75.3 Å². The molecule has 5 N–H and O–H groups in total. The zero-order valence-corrected chi connectivity index (χ0v) is 13.2. The van der Waals surface area contributed by atoms with Crippen molar-refractivity contribution >= 4 is 5.78 Å². The third kappa shape index (κ3) is 2.94. The van der Waals surface area contributed by atoms with E-state index in [9.17, 15) is 30.3 Å². The molecular formula is C16H26O7. The van der Waals surface area contributed by atoms with Gasteiger partial charge in [0.1, 0.15) is 6.10 Å². The molecule has 3 rings (SSSR count). The van der Waals surface area contributed by atoms with Crippen molar-refractivity contribution < 1.29 is 35.1 Å². The first kappa shape index (κ1) is 17.3. The third-order valence-electron chi connectivity index (χ3n) is 5.94. The Morgan fingerprint density at radius 3 is 2.30 bits per heavy atom. The van der Waals surface area contributed by atoms with Crippen molar-refractivity contribution in [1.29, 1.82) is 0 Å². The lowest BCUT2D eigenvalue weighted by molar-refractivity contribution is -0.218. The minimum atomic E-state index is -1.35. The average Bonchev–Trinajstić information content (AvgIpc) is 2.51. The van der Waals surface area contributed by atoms with Gasteiger partial charge in [-0.25, -0.2) is 0 Å². The summed E-state index contributed by atoms with van der Waals surface area (Å²) in [4.78, 5) is 12.5. The number of aliphatic hydroxyl groups excluding tert-OH is 5. The van der Waals surface area contributed by atoms with Crippen LogP contribution in [0.3, 0.4) is 0 Å². The smallest absolute Gasteiger partial charge is 0.172 e. The quantitative estimate of drug-likeness (QED) is 0.399. The topological polar surface area (TPSA) is 127 Å². The van der Waals surface area contributed by atoms with Gasteiger partial charge in [0.05, 0.1) is 42.5 Å². The van der Waals surface area contributed by atoms with E-state index in [4.69, 9.17) is 4.74 Å². The molecule has 1 saturated heterocycles. The number of ether oxygens (including phenoxy) is 1. The van der Waals surface area contributed by atoms with Crippen molar-refractivity contribution in [3.63, 3.8) is 0 Å². The van der Waals surface area contributed by atoms with Gasteiger partial charge in [-0.2, -0.15) is 0 Å². The van der Waals surface area contributed by atoms with Gasteiger partial charge in [-0.05, 0) is 25.2 Å². The fourth-order valence-electron chi connectivity index (χ4n) is 4.33. The van der Waals surface area contributed by atoms with Crippen LogP contribution in [0.4, 0.5) is 0 Å². The summed E-state index contributed by atoms with van der Waals surface area (Å²) in [6.45, 7) is 1.68. The van der Waals surface area contributed by atoms with Crippen LogP contribution >= 0.6 is 0 Å². The number of carbonyl (C=O) groups excluding carboxylic acids is 1. The van der Waals surface area contributed by atoms with Crippen LogP contribution in [0.1, 0.15) is 32.6 Å². The molecule has 0 amide bonds. The van der Waals surface area contributed by atoms with Gasteiger partial charge in [-0.1, -0.05) is 6.92 Å². The Kier molecular flexibility index (Phi) is 4.79. The standard InChI is InChI=1S/C16H26O7/c1-6-9(18)5-11-12(13(6)20)14(21)15(22)16(23-11)7-2-3-8(17)10(19)4-7/h6-13,15-20,22H,2-5H2,1H3/t6?,7?,8?,9?,10?,11?,12?,13?,15-,16+/m1/s1. The highest BCUT2D eigenvalue weighted by Crippen LogP contribution is 2.41. The summed E-state index contributed by atoms with van der Waals surface area (Å²) in [5.41, 5.74) is 0. The number of fused-ring (bicyclic) bond motifs is 1. The number of carbonyl (C=O) groups is 1. The van der Waals surface area contributed by atoms with Crippen LogP contribution in [-0.2, 0) is 9.53 Å². The van der Waals surface area contributed by atoms with Crippen molar-refractivity contribution in [1.82, 2.24) is 0 Å². The number of hydrogen-bond acceptors (Lipinski definition) is 7. The van der Waals surface area contributed by atoms with E-state index in [0.717, 1.165) is 0 Å². The normalized spacial score (nSPS) is 54.6. The van der Waals surface area contributed by atoms with Crippen molar-refractivity contribution in [2.24, 2.45) is 17.8 Å². The molecule has 3 aliphatic rings. The molecule has 23 heavy (non-hydrogen) atoms. The van der Waals surface area contributed by atoms with Gasteiger partial charge in [0.25, 0.3) is 0 Å². The van der Waals surface area contributed by atoms with Gasteiger partial charge in [0, 0.05) is 12.3 Å². The summed E-state index contributed by atoms with van der Waals surface area (Å²) in [5, 5.41) is 50.1. The predicted molar refractivity (Wildman–Crippen MR) is 78.3 cm³/mol. The zero-order valence-electron chi connectivity index (χ0n) is 13.2. The molecule has 1 heterocycles. The molecule has 0 bridgehead atoms. The lowest BCUT2D eigenvalue weighted by Gasteiger charge is -2.49. The first-order valence-electron chi connectivity index (χ1n) is 8.40. The predicted octanol–water partition coefficient (Wildman–Crippen LogP) is -1.42. The Morgan fingerprint density at radius 2 is 1.65 bits per heavy atom. The second kappa shape index (κ2) is 6.38. The molecule has 0 aromatic heterocycles. The highest BCUT2D eigenvalue weighted by molar-refractivity contribution is 5.87. The number of Topliss-reactive ketones (excluding diaryl/α,β-unsaturated/α-hetero) is 1. The van der Waals surface area contributed by atoms with Crippen LogP contribution in [0.25, 0.3) is 0 Å². The van der Waals surface area contributed by atoms with Crippen molar-refractivity contribution in [3.05, 3.63) is 0 Å². The molecule has 1 aliphatic heterocycles. The van der Waals surface area contributed by atoms with Crippen LogP contribution in [0, 0.1) is 17.8 Å². The largest absolute Gasteiger partial charge is 0.393 e. The minimum absolute atomic E-state index is 0.234. The van der Waals surface area contributed by atoms with Crippen LogP contribution in [0.5, 0.6) is 0 Å². The van der Waals surface area contributed by atoms with E-state index in [2.05, 4.69) is 0 Å². The molecule has 0 aromatic carbocycles. The van der Waals surface area contributed by atoms with Crippen LogP contribution in [0.2, 0.25) is 0 Å². The number of ketones is 1. The zero-order chi connectivity index (χ0) is 16.9. The summed E-state index contributed by atoms with van der Waals surface area (Å²) in [7, 11) is 0. The van der Waals surface area contributed by atoms with Gasteiger partial charge >= 0.3 is 0 Å². The maximum atomic E-state index is 12.5. The van der Waals surface area contributed by atoms with Crippen LogP contribution in [-0.4, -0.2) is 74.0 Å². The van der Waals surface area contributed by atoms with E-state index in [1.807, 2.05) is 0 Å². The van der Waals surface area contributed by atoms with Crippen molar-refractivity contribution in [3.8, 4) is 0 Å². The first-order valence-corrected chi connectivity index (χ1v) is 8.40. The second-order valence-corrected chi connectivity index (χ2v) is 7.37. The molecule has 8 unspecified atom stereocenters. The van der Waals surface area contributed by atoms with E-state index in [-0.39, 0.29) is 18.8 Å². The van der Waals surface area contributed by atoms with Crippen molar-refractivity contribution in [2.75, 3.05) is 0 Å². The molecule has 0 radical (unpaired) electrons. The molecule has 2 aliphatic carbocycles. The lowest BCUT2D eigenvalue weighted by Crippen LogP contribution is -2.62. The van der Waals surface area contributed by atoms with E-state index in [1.54, 1.807) is 6.92 Å². The van der Waals surface area contributed by atoms with Gasteiger partial charge in [-0.15, -0.1) is 0 Å². The van der Waals surface area contributed by atoms with E-state index >= 15 is 0 Å². The van der Waals surface area contributed by atoms with E-state index in [1.165, 1.54) is 0 Å². The highest BCUT2D eigenvalue weighted by Gasteiger charge is 2.54. The SMILES string of the molecule is CC1C(O)CC2O[C@@H](C3CCC(O)C(O)C3)[C@H](O)C(=O)C2C1O. The molecule has 7 nitrogen and oxygen atoms in total. The monoisotopic (exact) mass is 330 g/mol. The second-order valence-electron chi connectivity index (χ2n) is 7.37. The Bertz CT molecular complexity index is 456. The molecule has 10 atom stereocenters. The summed E-state index contributed by atoms with van der Waals surface area (Å²) in [6.07, 6.45) is -4.76. The van der Waals surface area contributed by atoms with Crippen LogP contribution < -0.4 is 0 Å². The fourth-order valence-corrected chi connectivity index (χ4v) is 4.33. The van der Waals surface area contributed by atoms with Gasteiger partial charge in [0.2, 0.25) is 0 Å². The van der Waals surface area contributed by atoms with E-state index in [0.29, 0.717) is 12.8 Å². The summed E-state index contributed by atoms with van der Waals surface area (Å²) < 4.78 is 5.90. The highest BCUT2D eigenvalue weighted by atomic mass is 16.5. The average molecular weight is 330 g/mol. The molecule has 132 valence electrons. The Morgan fingerprint density at radius 1 is 0.957 bits per heavy atom. The minimum Gasteiger partial charge on any atom is -0.393 e. The molecule has 0 spiro atoms. The summed E-state index contributed by atoms with van der Waals surface area (Å²) >= 11 is 0. The van der Waals surface area contributed by atoms with Gasteiger partial charge < -0.3 is 30.3 Å². The Balaban J connectivity index is 1.77. The molecule has 0 aromatic rings. The maximum Gasteiger partial charge on any atom is 0.172 e. The number of hydrogen-bond donors (Lipinski definition) is 5. The molecule has 7 heteroatoms. The van der Waals surface area contributed by atoms with Crippen LogP contribution in [0.15, 0.2) is 0 Å². The summed E-state index contributed by atoms with van der Waals surface area (Å²) in [6, 6.07) is 0. The van der Waals surface area contributed by atoms with E-state index < -0.39 is 60.3 Å².